The van der Waals surface area contributed by atoms with Crippen molar-refractivity contribution in [3.8, 4) is 11.3 Å². The van der Waals surface area contributed by atoms with E-state index in [-0.39, 0.29) is 52.3 Å². The Bertz CT molecular complexity index is 1710. The fourth-order valence-corrected chi connectivity index (χ4v) is 5.62. The van der Waals surface area contributed by atoms with E-state index in [4.69, 9.17) is 0 Å². The van der Waals surface area contributed by atoms with E-state index < -0.39 is 45.1 Å². The van der Waals surface area contributed by atoms with Gasteiger partial charge in [-0.25, -0.2) is 31.6 Å². The number of hydrogen-bond donors (Lipinski definition) is 3. The normalized spacial score (nSPS) is 17.8. The van der Waals surface area contributed by atoms with Crippen LogP contribution in [0, 0.1) is 11.6 Å². The molecular weight excluding hydrogens is 547 g/mol. The highest BCUT2D eigenvalue weighted by Crippen LogP contribution is 2.28. The third-order valence-corrected chi connectivity index (χ3v) is 7.75. The Morgan fingerprint density at radius 3 is 2.42 bits per heavy atom. The van der Waals surface area contributed by atoms with Gasteiger partial charge in [0, 0.05) is 37.2 Å². The molecule has 0 spiro atoms. The summed E-state index contributed by atoms with van der Waals surface area (Å²) in [6.07, 6.45) is 0.632. The van der Waals surface area contributed by atoms with E-state index in [2.05, 4.69) is 25.6 Å². The van der Waals surface area contributed by atoms with E-state index in [0.29, 0.717) is 6.54 Å². The zero-order valence-corrected chi connectivity index (χ0v) is 22.3. The van der Waals surface area contributed by atoms with Crippen LogP contribution in [0.15, 0.2) is 58.4 Å². The molecule has 2 aromatic heterocycles. The molecule has 3 N–H and O–H groups in total. The molecule has 3 heterocycles. The number of benzene rings is 2. The van der Waals surface area contributed by atoms with E-state index in [9.17, 15) is 17.6 Å². The van der Waals surface area contributed by atoms with Crippen molar-refractivity contribution in [3.63, 3.8) is 0 Å². The van der Waals surface area contributed by atoms with Crippen LogP contribution in [0.4, 0.5) is 24.8 Å². The molecule has 5 rings (SSSR count). The first-order chi connectivity index (χ1) is 19.0. The van der Waals surface area contributed by atoms with Crippen molar-refractivity contribution in [1.29, 1.82) is 0 Å². The lowest BCUT2D eigenvalue weighted by atomic mass is 10.1. The first-order valence-corrected chi connectivity index (χ1v) is 14.0. The van der Waals surface area contributed by atoms with Gasteiger partial charge in [0.1, 0.15) is 23.1 Å². The van der Waals surface area contributed by atoms with E-state index >= 15 is 8.78 Å². The van der Waals surface area contributed by atoms with Gasteiger partial charge >= 0.3 is 0 Å². The topological polar surface area (TPSA) is 131 Å². The fourth-order valence-electron chi connectivity index (χ4n) is 4.52. The molecule has 210 valence electrons. The lowest BCUT2D eigenvalue weighted by Gasteiger charge is -2.26. The summed E-state index contributed by atoms with van der Waals surface area (Å²) in [5, 5.41) is 6.04. The summed E-state index contributed by atoms with van der Waals surface area (Å²) in [5.41, 5.74) is -1.62. The van der Waals surface area contributed by atoms with Crippen LogP contribution in [-0.4, -0.2) is 53.2 Å². The highest BCUT2D eigenvalue weighted by molar-refractivity contribution is 7.92. The molecule has 0 aliphatic carbocycles. The predicted octanol–water partition coefficient (Wildman–Crippen LogP) is 3.63. The molecular formula is C26H26F3N7O3S. The molecule has 40 heavy (non-hydrogen) atoms. The quantitative estimate of drug-likeness (QED) is 0.306. The Kier molecular flexibility index (Phi) is 7.47. The number of halogens is 3. The van der Waals surface area contributed by atoms with Crippen molar-refractivity contribution in [3.05, 3.63) is 70.6 Å². The van der Waals surface area contributed by atoms with Crippen molar-refractivity contribution < 1.29 is 21.6 Å². The number of rotatable bonds is 7. The van der Waals surface area contributed by atoms with Crippen molar-refractivity contribution in [1.82, 2.24) is 24.8 Å². The molecule has 1 saturated heterocycles. The Morgan fingerprint density at radius 2 is 1.77 bits per heavy atom. The van der Waals surface area contributed by atoms with Crippen LogP contribution in [-0.2, 0) is 10.0 Å². The second-order valence-corrected chi connectivity index (χ2v) is 11.4. The SMILES string of the molecule is CC(C)n1c(=O)c(-c2cc(F)c(NS(=O)(=O)c3ccccc3)c(F)c2)nc2cnc(N[C@@H]3CNC[C@@H](F)C3)nc21. The molecule has 0 unspecified atom stereocenters. The maximum Gasteiger partial charge on any atom is 0.278 e. The van der Waals surface area contributed by atoms with E-state index in [0.717, 1.165) is 12.1 Å². The third kappa shape index (κ3) is 5.49. The highest BCUT2D eigenvalue weighted by atomic mass is 32.2. The van der Waals surface area contributed by atoms with Crippen LogP contribution in [0.2, 0.25) is 0 Å². The molecule has 2 atom stereocenters. The van der Waals surface area contributed by atoms with Gasteiger partial charge in [-0.2, -0.15) is 4.98 Å². The highest BCUT2D eigenvalue weighted by Gasteiger charge is 2.24. The predicted molar refractivity (Wildman–Crippen MR) is 144 cm³/mol. The number of nitrogens with one attached hydrogen (secondary N) is 3. The summed E-state index contributed by atoms with van der Waals surface area (Å²) in [5.74, 6) is -2.27. The Labute approximate surface area is 227 Å². The smallest absolute Gasteiger partial charge is 0.278 e. The van der Waals surface area contributed by atoms with Crippen LogP contribution in [0.1, 0.15) is 26.3 Å². The number of nitrogens with zero attached hydrogens (tertiary/aromatic N) is 4. The summed E-state index contributed by atoms with van der Waals surface area (Å²) < 4.78 is 72.4. The summed E-state index contributed by atoms with van der Waals surface area (Å²) in [7, 11) is -4.27. The standard InChI is InChI=1S/C26H26F3N7O3S/c1-14(2)36-24-21(13-31-26(34-24)32-17-10-16(27)11-30-12-17)33-22(25(36)37)15-8-19(28)23(20(29)9-15)35-40(38,39)18-6-4-3-5-7-18/h3-9,13-14,16-17,30,35H,10-12H2,1-2H3,(H,31,32,34)/t16-,17-/m0/s1. The molecule has 2 aromatic carbocycles. The maximum absolute atomic E-state index is 15.1. The van der Waals surface area contributed by atoms with E-state index in [1.807, 2.05) is 4.72 Å². The summed E-state index contributed by atoms with van der Waals surface area (Å²) in [6.45, 7) is 4.27. The Morgan fingerprint density at radius 1 is 1.07 bits per heavy atom. The van der Waals surface area contributed by atoms with Gasteiger partial charge in [-0.3, -0.25) is 14.1 Å². The minimum absolute atomic E-state index is 0.174. The number of hydrogen-bond acceptors (Lipinski definition) is 8. The molecule has 0 amide bonds. The lowest BCUT2D eigenvalue weighted by molar-refractivity contribution is 0.254. The van der Waals surface area contributed by atoms with Gasteiger partial charge < -0.3 is 10.6 Å². The van der Waals surface area contributed by atoms with Gasteiger partial charge in [0.05, 0.1) is 11.1 Å². The number of anilines is 2. The van der Waals surface area contributed by atoms with E-state index in [1.165, 1.54) is 35.0 Å². The first-order valence-electron chi connectivity index (χ1n) is 12.5. The van der Waals surface area contributed by atoms with Gasteiger partial charge in [0.15, 0.2) is 17.3 Å². The zero-order chi connectivity index (χ0) is 28.6. The number of fused-ring (bicyclic) bond motifs is 1. The van der Waals surface area contributed by atoms with Gasteiger partial charge in [-0.1, -0.05) is 18.2 Å². The summed E-state index contributed by atoms with van der Waals surface area (Å²) in [6, 6.07) is 8.13. The summed E-state index contributed by atoms with van der Waals surface area (Å²) in [4.78, 5) is 26.3. The van der Waals surface area contributed by atoms with Gasteiger partial charge in [0.25, 0.3) is 15.6 Å². The van der Waals surface area contributed by atoms with Crippen molar-refractivity contribution in [2.24, 2.45) is 0 Å². The Hall–Kier alpha value is -4.04. The van der Waals surface area contributed by atoms with Crippen LogP contribution >= 0.6 is 0 Å². The van der Waals surface area contributed by atoms with Crippen LogP contribution < -0.4 is 20.9 Å². The monoisotopic (exact) mass is 573 g/mol. The third-order valence-electron chi connectivity index (χ3n) is 6.38. The number of piperidine rings is 1. The molecule has 1 aliphatic rings. The minimum atomic E-state index is -4.27. The molecule has 4 aromatic rings. The molecule has 0 saturated carbocycles. The average molecular weight is 574 g/mol. The molecule has 1 fully saturated rings. The van der Waals surface area contributed by atoms with Crippen molar-refractivity contribution in [2.75, 3.05) is 23.1 Å². The second kappa shape index (κ2) is 10.8. The molecule has 1 aliphatic heterocycles. The largest absolute Gasteiger partial charge is 0.350 e. The fraction of sp³-hybridized carbons (Fsp3) is 0.308. The first kappa shape index (κ1) is 27.5. The van der Waals surface area contributed by atoms with Crippen LogP contribution in [0.3, 0.4) is 0 Å². The van der Waals surface area contributed by atoms with Gasteiger partial charge in [-0.05, 0) is 38.1 Å². The maximum atomic E-state index is 15.1. The molecule has 0 bridgehead atoms. The van der Waals surface area contributed by atoms with Gasteiger partial charge in [0.2, 0.25) is 5.95 Å². The number of alkyl halides is 1. The molecule has 10 nitrogen and oxygen atoms in total. The zero-order valence-electron chi connectivity index (χ0n) is 21.5. The Balaban J connectivity index is 1.53. The van der Waals surface area contributed by atoms with Crippen LogP contribution in [0.25, 0.3) is 22.4 Å². The van der Waals surface area contributed by atoms with Crippen molar-refractivity contribution >= 4 is 32.8 Å². The second-order valence-electron chi connectivity index (χ2n) is 9.70. The van der Waals surface area contributed by atoms with Gasteiger partial charge in [-0.15, -0.1) is 0 Å². The molecule has 0 radical (unpaired) electrons. The number of sulfonamides is 1. The minimum Gasteiger partial charge on any atom is -0.350 e. The average Bonchev–Trinajstić information content (AvgIpc) is 2.90. The number of aromatic nitrogens is 4. The van der Waals surface area contributed by atoms with Crippen LogP contribution in [0.5, 0.6) is 0 Å². The van der Waals surface area contributed by atoms with Crippen molar-refractivity contribution in [2.45, 2.75) is 43.4 Å². The molecule has 14 heteroatoms. The van der Waals surface area contributed by atoms with E-state index in [1.54, 1.807) is 19.9 Å². The summed E-state index contributed by atoms with van der Waals surface area (Å²) >= 11 is 0. The lowest BCUT2D eigenvalue weighted by Crippen LogP contribution is -2.44.